The molecule has 0 atom stereocenters. The number of ether oxygens (including phenoxy) is 1. The molecule has 0 saturated heterocycles. The van der Waals surface area contributed by atoms with E-state index in [4.69, 9.17) is 4.74 Å². The fraction of sp³-hybridized carbons (Fsp3) is 0.560. The first kappa shape index (κ1) is 25.2. The molecule has 0 rings (SSSR count). The van der Waals surface area contributed by atoms with Gasteiger partial charge in [-0.25, -0.2) is 0 Å². The molecule has 0 N–H and O–H groups in total. The van der Waals surface area contributed by atoms with E-state index in [0.717, 1.165) is 38.5 Å². The molecule has 0 saturated carbocycles. The summed E-state index contributed by atoms with van der Waals surface area (Å²) >= 11 is 0. The van der Waals surface area contributed by atoms with Crippen LogP contribution in [-0.2, 0) is 9.53 Å². The van der Waals surface area contributed by atoms with Crippen molar-refractivity contribution in [3.8, 4) is 0 Å². The average molecular weight is 373 g/mol. The van der Waals surface area contributed by atoms with E-state index in [9.17, 15) is 4.79 Å². The lowest BCUT2D eigenvalue weighted by molar-refractivity contribution is -0.144. The highest BCUT2D eigenvalue weighted by molar-refractivity contribution is 5.69. The van der Waals surface area contributed by atoms with Gasteiger partial charge in [0.2, 0.25) is 0 Å². The van der Waals surface area contributed by atoms with Crippen molar-refractivity contribution in [1.82, 2.24) is 0 Å². The Hall–Kier alpha value is -1.83. The van der Waals surface area contributed by atoms with E-state index in [1.165, 1.54) is 12.8 Å². The number of allylic oxidation sites excluding steroid dienone is 10. The second-order valence-electron chi connectivity index (χ2n) is 7.06. The molecular formula is C25H40O2. The maximum absolute atomic E-state index is 11.4. The van der Waals surface area contributed by atoms with Gasteiger partial charge in [0.1, 0.15) is 0 Å². The Morgan fingerprint density at radius 2 is 1.19 bits per heavy atom. The minimum absolute atomic E-state index is 0.0772. The molecule has 0 aromatic heterocycles. The van der Waals surface area contributed by atoms with Gasteiger partial charge in [0.25, 0.3) is 0 Å². The van der Waals surface area contributed by atoms with Gasteiger partial charge in [-0.1, -0.05) is 88.0 Å². The van der Waals surface area contributed by atoms with Crippen LogP contribution in [0.4, 0.5) is 0 Å². The summed E-state index contributed by atoms with van der Waals surface area (Å²) in [5, 5.41) is 0. The third-order valence-electron chi connectivity index (χ3n) is 3.71. The molecule has 0 bridgehead atoms. The van der Waals surface area contributed by atoms with Crippen molar-refractivity contribution in [3.63, 3.8) is 0 Å². The van der Waals surface area contributed by atoms with Crippen LogP contribution >= 0.6 is 0 Å². The van der Waals surface area contributed by atoms with Crippen molar-refractivity contribution in [1.29, 1.82) is 0 Å². The molecule has 0 aromatic rings. The van der Waals surface area contributed by atoms with Gasteiger partial charge in [0.05, 0.1) is 6.61 Å². The predicted molar refractivity (Wildman–Crippen MR) is 119 cm³/mol. The number of esters is 1. The van der Waals surface area contributed by atoms with Gasteiger partial charge in [-0.15, -0.1) is 0 Å². The summed E-state index contributed by atoms with van der Waals surface area (Å²) in [5.41, 5.74) is 0. The molecule has 0 fully saturated rings. The van der Waals surface area contributed by atoms with E-state index in [1.54, 1.807) is 0 Å². The summed E-state index contributed by atoms with van der Waals surface area (Å²) in [6.45, 7) is 6.82. The van der Waals surface area contributed by atoms with Gasteiger partial charge >= 0.3 is 5.97 Å². The first-order valence-electron chi connectivity index (χ1n) is 10.6. The molecule has 2 heteroatoms. The normalized spacial score (nSPS) is 12.7. The zero-order chi connectivity index (χ0) is 20.0. The fourth-order valence-corrected chi connectivity index (χ4v) is 2.18. The van der Waals surface area contributed by atoms with Gasteiger partial charge in [-0.2, -0.15) is 0 Å². The molecule has 0 amide bonds. The predicted octanol–water partition coefficient (Wildman–Crippen LogP) is 7.50. The van der Waals surface area contributed by atoms with Crippen LogP contribution in [0.3, 0.4) is 0 Å². The van der Waals surface area contributed by atoms with Gasteiger partial charge in [0.15, 0.2) is 0 Å². The lowest BCUT2D eigenvalue weighted by atomic mass is 10.2. The summed E-state index contributed by atoms with van der Waals surface area (Å²) in [5.74, 6) is 0.330. The van der Waals surface area contributed by atoms with Crippen LogP contribution in [0, 0.1) is 5.92 Å². The minimum atomic E-state index is -0.0772. The van der Waals surface area contributed by atoms with Crippen LogP contribution in [0.25, 0.3) is 0 Å². The summed E-state index contributed by atoms with van der Waals surface area (Å²) in [6.07, 6.45) is 30.8. The number of hydrogen-bond donors (Lipinski definition) is 0. The molecule has 0 aliphatic heterocycles. The average Bonchev–Trinajstić information content (AvgIpc) is 2.65. The summed E-state index contributed by atoms with van der Waals surface area (Å²) in [4.78, 5) is 11.4. The Labute approximate surface area is 167 Å². The van der Waals surface area contributed by atoms with Crippen molar-refractivity contribution in [2.24, 2.45) is 5.92 Å². The highest BCUT2D eigenvalue weighted by Gasteiger charge is 2.02. The molecule has 27 heavy (non-hydrogen) atoms. The first-order chi connectivity index (χ1) is 13.2. The molecule has 0 aliphatic rings. The van der Waals surface area contributed by atoms with Crippen LogP contribution < -0.4 is 0 Å². The Bertz CT molecular complexity index is 479. The van der Waals surface area contributed by atoms with Crippen molar-refractivity contribution < 1.29 is 9.53 Å². The lowest BCUT2D eigenvalue weighted by Crippen LogP contribution is -2.09. The van der Waals surface area contributed by atoms with Crippen molar-refractivity contribution >= 4 is 5.97 Å². The SMILES string of the molecule is CCC/C=C\C/C=C\C/C=C\C/C=C\C/C=C/CCCC(=O)OCC(C)C. The number of carbonyl (C=O) groups excluding carboxylic acids is 1. The molecule has 0 unspecified atom stereocenters. The summed E-state index contributed by atoms with van der Waals surface area (Å²) < 4.78 is 5.15. The molecule has 0 aromatic carbocycles. The third kappa shape index (κ3) is 22.1. The molecule has 0 radical (unpaired) electrons. The van der Waals surface area contributed by atoms with Gasteiger partial charge in [-0.05, 0) is 50.9 Å². The molecule has 152 valence electrons. The van der Waals surface area contributed by atoms with Crippen LogP contribution in [0.15, 0.2) is 60.8 Å². The maximum atomic E-state index is 11.4. The fourth-order valence-electron chi connectivity index (χ4n) is 2.18. The summed E-state index contributed by atoms with van der Waals surface area (Å²) in [6, 6.07) is 0. The van der Waals surface area contributed by atoms with E-state index < -0.39 is 0 Å². The van der Waals surface area contributed by atoms with E-state index in [-0.39, 0.29) is 5.97 Å². The van der Waals surface area contributed by atoms with Crippen LogP contribution in [0.1, 0.15) is 78.6 Å². The van der Waals surface area contributed by atoms with E-state index in [2.05, 4.69) is 67.7 Å². The standard InChI is InChI=1S/C25H40O2/c1-4-5-6-7-8-9-10-11-12-13-14-15-16-17-18-19-20-21-22-25(26)27-23-24(2)3/h6-7,9-10,12-13,15-16,18-19,24H,4-5,8,11,14,17,20-23H2,1-3H3/b7-6-,10-9-,13-12-,16-15-,19-18+. The first-order valence-corrected chi connectivity index (χ1v) is 10.6. The van der Waals surface area contributed by atoms with E-state index >= 15 is 0 Å². The Balaban J connectivity index is 3.51. The monoisotopic (exact) mass is 372 g/mol. The molecular weight excluding hydrogens is 332 g/mol. The topological polar surface area (TPSA) is 26.3 Å². The number of hydrogen-bond acceptors (Lipinski definition) is 2. The second-order valence-corrected chi connectivity index (χ2v) is 7.06. The van der Waals surface area contributed by atoms with Gasteiger partial charge < -0.3 is 4.74 Å². The lowest BCUT2D eigenvalue weighted by Gasteiger charge is -2.06. The number of rotatable bonds is 16. The molecule has 0 heterocycles. The molecule has 2 nitrogen and oxygen atoms in total. The van der Waals surface area contributed by atoms with Gasteiger partial charge in [-0.3, -0.25) is 4.79 Å². The van der Waals surface area contributed by atoms with Crippen LogP contribution in [-0.4, -0.2) is 12.6 Å². The van der Waals surface area contributed by atoms with Gasteiger partial charge in [0, 0.05) is 6.42 Å². The second kappa shape index (κ2) is 20.5. The Morgan fingerprint density at radius 3 is 1.63 bits per heavy atom. The molecule has 0 spiro atoms. The minimum Gasteiger partial charge on any atom is -0.465 e. The number of unbranched alkanes of at least 4 members (excludes halogenated alkanes) is 2. The van der Waals surface area contributed by atoms with E-state index in [0.29, 0.717) is 18.9 Å². The van der Waals surface area contributed by atoms with E-state index in [1.807, 2.05) is 13.8 Å². The Morgan fingerprint density at radius 1 is 0.741 bits per heavy atom. The van der Waals surface area contributed by atoms with Crippen molar-refractivity contribution in [3.05, 3.63) is 60.8 Å². The van der Waals surface area contributed by atoms with Crippen molar-refractivity contribution in [2.45, 2.75) is 78.6 Å². The number of carbonyl (C=O) groups is 1. The summed E-state index contributed by atoms with van der Waals surface area (Å²) in [7, 11) is 0. The van der Waals surface area contributed by atoms with Crippen molar-refractivity contribution in [2.75, 3.05) is 6.61 Å². The zero-order valence-electron chi connectivity index (χ0n) is 17.7. The quantitative estimate of drug-likeness (QED) is 0.159. The zero-order valence-corrected chi connectivity index (χ0v) is 17.7. The highest BCUT2D eigenvalue weighted by atomic mass is 16.5. The van der Waals surface area contributed by atoms with Crippen LogP contribution in [0.2, 0.25) is 0 Å². The van der Waals surface area contributed by atoms with Crippen LogP contribution in [0.5, 0.6) is 0 Å². The maximum Gasteiger partial charge on any atom is 0.305 e. The molecule has 0 aliphatic carbocycles. The highest BCUT2D eigenvalue weighted by Crippen LogP contribution is 2.02. The third-order valence-corrected chi connectivity index (χ3v) is 3.71. The smallest absolute Gasteiger partial charge is 0.305 e. The Kier molecular flexibility index (Phi) is 19.1. The largest absolute Gasteiger partial charge is 0.465 e.